The van der Waals surface area contributed by atoms with E-state index in [1.54, 1.807) is 12.1 Å². The molecule has 0 aliphatic rings. The zero-order valence-electron chi connectivity index (χ0n) is 9.96. The van der Waals surface area contributed by atoms with Crippen LogP contribution in [0.1, 0.15) is 11.1 Å². The molecule has 0 fully saturated rings. The van der Waals surface area contributed by atoms with Crippen molar-refractivity contribution in [1.82, 2.24) is 0 Å². The maximum absolute atomic E-state index is 13.7. The first kappa shape index (κ1) is 15.1. The Morgan fingerprint density at radius 3 is 2.60 bits per heavy atom. The smallest absolute Gasteiger partial charge is 0.139 e. The van der Waals surface area contributed by atoms with Crippen LogP contribution in [-0.2, 0) is 6.61 Å². The normalized spacial score (nSPS) is 10.2. The molecule has 0 unspecified atom stereocenters. The van der Waals surface area contributed by atoms with E-state index in [1.165, 1.54) is 12.1 Å². The number of hydrogen-bond acceptors (Lipinski definition) is 2. The molecule has 2 nitrogen and oxygen atoms in total. The van der Waals surface area contributed by atoms with Crippen LogP contribution in [0.5, 0.6) is 5.75 Å². The molecular formula is C14H7BrCl2FNO. The average molecular weight is 375 g/mol. The van der Waals surface area contributed by atoms with Gasteiger partial charge in [-0.3, -0.25) is 0 Å². The van der Waals surface area contributed by atoms with Crippen molar-refractivity contribution in [3.63, 3.8) is 0 Å². The van der Waals surface area contributed by atoms with Gasteiger partial charge in [0, 0.05) is 16.1 Å². The van der Waals surface area contributed by atoms with Crippen LogP contribution >= 0.6 is 39.1 Å². The van der Waals surface area contributed by atoms with E-state index in [9.17, 15) is 4.39 Å². The van der Waals surface area contributed by atoms with Gasteiger partial charge in [0.2, 0.25) is 0 Å². The van der Waals surface area contributed by atoms with Crippen molar-refractivity contribution in [2.75, 3.05) is 0 Å². The summed E-state index contributed by atoms with van der Waals surface area (Å²) in [5.41, 5.74) is 0.593. The van der Waals surface area contributed by atoms with Crippen molar-refractivity contribution in [1.29, 1.82) is 5.26 Å². The first-order valence-corrected chi connectivity index (χ1v) is 7.02. The summed E-state index contributed by atoms with van der Waals surface area (Å²) in [5, 5.41) is 9.49. The number of nitriles is 1. The van der Waals surface area contributed by atoms with Gasteiger partial charge in [0.15, 0.2) is 0 Å². The Bertz CT molecular complexity index is 700. The minimum Gasteiger partial charge on any atom is -0.487 e. The Hall–Kier alpha value is -1.28. The largest absolute Gasteiger partial charge is 0.487 e. The van der Waals surface area contributed by atoms with Crippen LogP contribution in [0, 0.1) is 17.1 Å². The SMILES string of the molecule is N#Cc1ccc(COc2cc(Cl)c(Br)cc2Cl)c(F)c1. The molecule has 2 aromatic rings. The molecule has 0 saturated heterocycles. The van der Waals surface area contributed by atoms with Gasteiger partial charge in [-0.15, -0.1) is 0 Å². The van der Waals surface area contributed by atoms with Crippen LogP contribution in [0.2, 0.25) is 10.0 Å². The number of nitrogens with zero attached hydrogens (tertiary/aromatic N) is 1. The minimum absolute atomic E-state index is 0.00474. The molecule has 0 spiro atoms. The Kier molecular flexibility index (Phi) is 4.87. The van der Waals surface area contributed by atoms with Gasteiger partial charge in [-0.05, 0) is 34.1 Å². The van der Waals surface area contributed by atoms with Crippen LogP contribution < -0.4 is 4.74 Å². The highest BCUT2D eigenvalue weighted by atomic mass is 79.9. The van der Waals surface area contributed by atoms with Gasteiger partial charge in [-0.1, -0.05) is 29.3 Å². The van der Waals surface area contributed by atoms with Crippen molar-refractivity contribution in [2.24, 2.45) is 0 Å². The van der Waals surface area contributed by atoms with Gasteiger partial charge >= 0.3 is 0 Å². The second-order valence-electron chi connectivity index (χ2n) is 3.90. The molecule has 102 valence electrons. The lowest BCUT2D eigenvalue weighted by molar-refractivity contribution is 0.300. The maximum Gasteiger partial charge on any atom is 0.139 e. The van der Waals surface area contributed by atoms with Gasteiger partial charge in [0.25, 0.3) is 0 Å². The Labute approximate surface area is 133 Å². The summed E-state index contributed by atoms with van der Waals surface area (Å²) in [6.45, 7) is -0.00474. The molecule has 6 heteroatoms. The molecule has 2 aromatic carbocycles. The lowest BCUT2D eigenvalue weighted by Gasteiger charge is -2.10. The minimum atomic E-state index is -0.497. The van der Waals surface area contributed by atoms with Crippen molar-refractivity contribution < 1.29 is 9.13 Å². The van der Waals surface area contributed by atoms with E-state index in [4.69, 9.17) is 33.2 Å². The third-order valence-electron chi connectivity index (χ3n) is 2.54. The number of ether oxygens (including phenoxy) is 1. The van der Waals surface area contributed by atoms with Crippen molar-refractivity contribution in [3.05, 3.63) is 61.8 Å². The molecule has 0 amide bonds. The topological polar surface area (TPSA) is 33.0 Å². The van der Waals surface area contributed by atoms with E-state index in [2.05, 4.69) is 15.9 Å². The first-order valence-electron chi connectivity index (χ1n) is 5.47. The van der Waals surface area contributed by atoms with Crippen molar-refractivity contribution in [2.45, 2.75) is 6.61 Å². The second kappa shape index (κ2) is 6.45. The standard InChI is InChI=1S/C14H7BrCl2FNO/c15-10-4-12(17)14(5-11(10)16)20-7-9-2-1-8(6-19)3-13(9)18/h1-5H,7H2. The van der Waals surface area contributed by atoms with Crippen LogP contribution in [0.3, 0.4) is 0 Å². The summed E-state index contributed by atoms with van der Waals surface area (Å²) in [5.74, 6) is -0.132. The highest BCUT2D eigenvalue weighted by Crippen LogP contribution is 2.34. The number of rotatable bonds is 3. The van der Waals surface area contributed by atoms with E-state index < -0.39 is 5.82 Å². The number of halogens is 4. The van der Waals surface area contributed by atoms with Crippen LogP contribution in [0.15, 0.2) is 34.8 Å². The Morgan fingerprint density at radius 2 is 1.95 bits per heavy atom. The zero-order valence-corrected chi connectivity index (χ0v) is 13.1. The van der Waals surface area contributed by atoms with Gasteiger partial charge < -0.3 is 4.74 Å². The summed E-state index contributed by atoms with van der Waals surface area (Å²) in [6.07, 6.45) is 0. The lowest BCUT2D eigenvalue weighted by Crippen LogP contribution is -1.99. The van der Waals surface area contributed by atoms with Crippen molar-refractivity contribution >= 4 is 39.1 Å². The predicted octanol–water partition coefficient (Wildman–Crippen LogP) is 5.35. The molecule has 0 aliphatic heterocycles. The summed E-state index contributed by atoms with van der Waals surface area (Å²) in [7, 11) is 0. The Balaban J connectivity index is 2.17. The van der Waals surface area contributed by atoms with E-state index in [0.29, 0.717) is 25.8 Å². The molecule has 0 atom stereocenters. The monoisotopic (exact) mass is 373 g/mol. The van der Waals surface area contributed by atoms with Gasteiger partial charge in [0.1, 0.15) is 18.2 Å². The highest BCUT2D eigenvalue weighted by Gasteiger charge is 2.09. The molecular weight excluding hydrogens is 368 g/mol. The highest BCUT2D eigenvalue weighted by molar-refractivity contribution is 9.10. The van der Waals surface area contributed by atoms with Gasteiger partial charge in [-0.25, -0.2) is 4.39 Å². The molecule has 0 aromatic heterocycles. The molecule has 20 heavy (non-hydrogen) atoms. The fourth-order valence-electron chi connectivity index (χ4n) is 1.50. The van der Waals surface area contributed by atoms with E-state index in [1.807, 2.05) is 6.07 Å². The van der Waals surface area contributed by atoms with Gasteiger partial charge in [0.05, 0.1) is 21.7 Å². The zero-order chi connectivity index (χ0) is 14.7. The van der Waals surface area contributed by atoms with Crippen molar-refractivity contribution in [3.8, 4) is 11.8 Å². The third kappa shape index (κ3) is 3.43. The quantitative estimate of drug-likeness (QED) is 0.678. The van der Waals surface area contributed by atoms with Crippen LogP contribution in [0.4, 0.5) is 4.39 Å². The summed E-state index contributed by atoms with van der Waals surface area (Å²) in [4.78, 5) is 0. The summed E-state index contributed by atoms with van der Waals surface area (Å²) >= 11 is 15.2. The lowest BCUT2D eigenvalue weighted by atomic mass is 10.1. The second-order valence-corrected chi connectivity index (χ2v) is 5.57. The van der Waals surface area contributed by atoms with E-state index >= 15 is 0 Å². The molecule has 0 heterocycles. The summed E-state index contributed by atoms with van der Waals surface area (Å²) in [6, 6.07) is 9.21. The molecule has 0 N–H and O–H groups in total. The third-order valence-corrected chi connectivity index (χ3v) is 4.03. The van der Waals surface area contributed by atoms with Crippen LogP contribution in [0.25, 0.3) is 0 Å². The predicted molar refractivity (Wildman–Crippen MR) is 79.6 cm³/mol. The number of benzene rings is 2. The average Bonchev–Trinajstić information content (AvgIpc) is 2.42. The van der Waals surface area contributed by atoms with E-state index in [-0.39, 0.29) is 12.2 Å². The molecule has 2 rings (SSSR count). The fraction of sp³-hybridized carbons (Fsp3) is 0.0714. The molecule has 0 radical (unpaired) electrons. The molecule has 0 saturated carbocycles. The van der Waals surface area contributed by atoms with Gasteiger partial charge in [-0.2, -0.15) is 5.26 Å². The fourth-order valence-corrected chi connectivity index (χ4v) is 2.35. The Morgan fingerprint density at radius 1 is 1.20 bits per heavy atom. The number of hydrogen-bond donors (Lipinski definition) is 0. The maximum atomic E-state index is 13.7. The molecule has 0 bridgehead atoms. The van der Waals surface area contributed by atoms with Crippen LogP contribution in [-0.4, -0.2) is 0 Å². The first-order chi connectivity index (χ1) is 9.51. The van der Waals surface area contributed by atoms with E-state index in [0.717, 1.165) is 6.07 Å². The molecule has 0 aliphatic carbocycles. The summed E-state index contributed by atoms with van der Waals surface area (Å²) < 4.78 is 19.8.